The molecule has 0 fully saturated rings. The van der Waals surface area contributed by atoms with Crippen LogP contribution in [0.2, 0.25) is 0 Å². The Morgan fingerprint density at radius 3 is 2.72 bits per heavy atom. The second kappa shape index (κ2) is 6.09. The SMILES string of the molecule is O=C(O)[C@@H]1CN(C(=O)CCc2c[nH]c3ccccc23)c2ccccc21. The summed E-state index contributed by atoms with van der Waals surface area (Å²) in [6, 6.07) is 15.3. The number of fused-ring (bicyclic) bond motifs is 2. The van der Waals surface area contributed by atoms with Gasteiger partial charge in [-0.15, -0.1) is 0 Å². The highest BCUT2D eigenvalue weighted by atomic mass is 16.4. The van der Waals surface area contributed by atoms with Crippen molar-refractivity contribution < 1.29 is 14.7 Å². The number of benzene rings is 2. The number of nitrogens with one attached hydrogen (secondary N) is 1. The summed E-state index contributed by atoms with van der Waals surface area (Å²) in [7, 11) is 0. The van der Waals surface area contributed by atoms with Crippen molar-refractivity contribution >= 4 is 28.5 Å². The van der Waals surface area contributed by atoms with Crippen LogP contribution >= 0.6 is 0 Å². The molecule has 3 aromatic rings. The first-order valence-corrected chi connectivity index (χ1v) is 8.32. The molecule has 0 bridgehead atoms. The molecule has 2 N–H and O–H groups in total. The van der Waals surface area contributed by atoms with Crippen molar-refractivity contribution in [1.29, 1.82) is 0 Å². The molecule has 126 valence electrons. The number of carbonyl (C=O) groups excluding carboxylic acids is 1. The molecule has 0 unspecified atom stereocenters. The monoisotopic (exact) mass is 334 g/mol. The van der Waals surface area contributed by atoms with E-state index in [1.807, 2.05) is 48.7 Å². The van der Waals surface area contributed by atoms with Gasteiger partial charge in [-0.2, -0.15) is 0 Å². The smallest absolute Gasteiger partial charge is 0.312 e. The summed E-state index contributed by atoms with van der Waals surface area (Å²) in [5, 5.41) is 10.5. The molecule has 1 amide bonds. The van der Waals surface area contributed by atoms with Gasteiger partial charge in [0.15, 0.2) is 0 Å². The fraction of sp³-hybridized carbons (Fsp3) is 0.200. The van der Waals surface area contributed by atoms with Crippen LogP contribution in [-0.4, -0.2) is 28.5 Å². The van der Waals surface area contributed by atoms with Gasteiger partial charge >= 0.3 is 5.97 Å². The largest absolute Gasteiger partial charge is 0.481 e. The molecule has 2 aromatic carbocycles. The molecule has 0 saturated carbocycles. The van der Waals surface area contributed by atoms with Crippen molar-refractivity contribution in [1.82, 2.24) is 4.98 Å². The normalized spacial score (nSPS) is 16.2. The number of carbonyl (C=O) groups is 2. The highest BCUT2D eigenvalue weighted by Gasteiger charge is 2.35. The lowest BCUT2D eigenvalue weighted by Gasteiger charge is -2.17. The third-order valence-corrected chi connectivity index (χ3v) is 4.85. The molecule has 5 heteroatoms. The number of anilines is 1. The lowest BCUT2D eigenvalue weighted by Crippen LogP contribution is -2.31. The zero-order valence-electron chi connectivity index (χ0n) is 13.6. The van der Waals surface area contributed by atoms with E-state index in [4.69, 9.17) is 0 Å². The Morgan fingerprint density at radius 2 is 1.88 bits per heavy atom. The Morgan fingerprint density at radius 1 is 1.12 bits per heavy atom. The average Bonchev–Trinajstić information content (AvgIpc) is 3.21. The van der Waals surface area contributed by atoms with E-state index in [2.05, 4.69) is 4.98 Å². The van der Waals surface area contributed by atoms with Crippen molar-refractivity contribution in [2.45, 2.75) is 18.8 Å². The summed E-state index contributed by atoms with van der Waals surface area (Å²) in [4.78, 5) is 29.0. The van der Waals surface area contributed by atoms with E-state index >= 15 is 0 Å². The number of nitrogens with zero attached hydrogens (tertiary/aromatic N) is 1. The predicted molar refractivity (Wildman–Crippen MR) is 95.8 cm³/mol. The van der Waals surface area contributed by atoms with Gasteiger partial charge in [-0.25, -0.2) is 0 Å². The zero-order valence-corrected chi connectivity index (χ0v) is 13.6. The Labute approximate surface area is 144 Å². The number of aromatic nitrogens is 1. The fourth-order valence-electron chi connectivity index (χ4n) is 3.57. The highest BCUT2D eigenvalue weighted by molar-refractivity contribution is 5.99. The molecule has 0 aliphatic carbocycles. The number of hydrogen-bond donors (Lipinski definition) is 2. The van der Waals surface area contributed by atoms with Crippen molar-refractivity contribution in [2.24, 2.45) is 0 Å². The van der Waals surface area contributed by atoms with E-state index in [0.717, 1.165) is 27.7 Å². The first-order chi connectivity index (χ1) is 12.1. The molecule has 2 heterocycles. The van der Waals surface area contributed by atoms with E-state index in [1.165, 1.54) is 0 Å². The minimum atomic E-state index is -0.889. The van der Waals surface area contributed by atoms with Gasteiger partial charge in [0, 0.05) is 35.8 Å². The predicted octanol–water partition coefficient (Wildman–Crippen LogP) is 3.32. The molecule has 4 rings (SSSR count). The standard InChI is InChI=1S/C20H18N2O3/c23-19(10-9-13-11-21-17-7-3-1-5-14(13)17)22-12-16(20(24)25)15-6-2-4-8-18(15)22/h1-8,11,16,21H,9-10,12H2,(H,24,25)/t16-/m1/s1. The maximum absolute atomic E-state index is 12.7. The van der Waals surface area contributed by atoms with Crippen LogP contribution in [0.5, 0.6) is 0 Å². The van der Waals surface area contributed by atoms with Crippen LogP contribution < -0.4 is 4.90 Å². The molecule has 5 nitrogen and oxygen atoms in total. The minimum Gasteiger partial charge on any atom is -0.481 e. The lowest BCUT2D eigenvalue weighted by molar-refractivity contribution is -0.138. The molecule has 25 heavy (non-hydrogen) atoms. The number of rotatable bonds is 4. The van der Waals surface area contributed by atoms with Gasteiger partial charge in [0.25, 0.3) is 0 Å². The molecule has 1 aliphatic rings. The number of H-pyrrole nitrogens is 1. The summed E-state index contributed by atoms with van der Waals surface area (Å²) >= 11 is 0. The Hall–Kier alpha value is -3.08. The van der Waals surface area contributed by atoms with Gasteiger partial charge in [0.1, 0.15) is 5.92 Å². The summed E-state index contributed by atoms with van der Waals surface area (Å²) in [6.45, 7) is 0.210. The van der Waals surface area contributed by atoms with E-state index < -0.39 is 11.9 Å². The van der Waals surface area contributed by atoms with Crippen LogP contribution in [0.25, 0.3) is 10.9 Å². The van der Waals surface area contributed by atoms with Crippen molar-refractivity contribution in [3.63, 3.8) is 0 Å². The molecule has 1 atom stereocenters. The van der Waals surface area contributed by atoms with Gasteiger partial charge < -0.3 is 15.0 Å². The fourth-order valence-corrected chi connectivity index (χ4v) is 3.57. The van der Waals surface area contributed by atoms with Gasteiger partial charge in [-0.3, -0.25) is 9.59 Å². The molecule has 0 radical (unpaired) electrons. The maximum Gasteiger partial charge on any atom is 0.312 e. The van der Waals surface area contributed by atoms with Crippen LogP contribution in [-0.2, 0) is 16.0 Å². The third kappa shape index (κ3) is 2.67. The van der Waals surface area contributed by atoms with Crippen molar-refractivity contribution in [2.75, 3.05) is 11.4 Å². The quantitative estimate of drug-likeness (QED) is 0.769. The summed E-state index contributed by atoms with van der Waals surface area (Å²) in [6.07, 6.45) is 2.91. The molecular formula is C20H18N2O3. The van der Waals surface area contributed by atoms with Crippen LogP contribution in [0.4, 0.5) is 5.69 Å². The average molecular weight is 334 g/mol. The van der Waals surface area contributed by atoms with Crippen LogP contribution in [0.1, 0.15) is 23.5 Å². The number of aliphatic carboxylic acids is 1. The first kappa shape index (κ1) is 15.4. The van der Waals surface area contributed by atoms with Gasteiger partial charge in [0.2, 0.25) is 5.91 Å². The Balaban J connectivity index is 1.53. The van der Waals surface area contributed by atoms with Crippen LogP contribution in [0.15, 0.2) is 54.7 Å². The number of aromatic amines is 1. The van der Waals surface area contributed by atoms with E-state index in [-0.39, 0.29) is 12.5 Å². The van der Waals surface area contributed by atoms with Gasteiger partial charge in [-0.1, -0.05) is 36.4 Å². The second-order valence-corrected chi connectivity index (χ2v) is 6.31. The minimum absolute atomic E-state index is 0.0403. The maximum atomic E-state index is 12.7. The van der Waals surface area contributed by atoms with Gasteiger partial charge in [-0.05, 0) is 29.7 Å². The molecule has 0 spiro atoms. The zero-order chi connectivity index (χ0) is 17.4. The lowest BCUT2D eigenvalue weighted by atomic mass is 10.0. The Kier molecular flexibility index (Phi) is 3.76. The highest BCUT2D eigenvalue weighted by Crippen LogP contribution is 2.36. The molecule has 1 aliphatic heterocycles. The third-order valence-electron chi connectivity index (χ3n) is 4.85. The number of aryl methyl sites for hydroxylation is 1. The molecule has 0 saturated heterocycles. The summed E-state index contributed by atoms with van der Waals surface area (Å²) in [5.41, 5.74) is 3.60. The summed E-state index contributed by atoms with van der Waals surface area (Å²) < 4.78 is 0. The molecular weight excluding hydrogens is 316 g/mol. The van der Waals surface area contributed by atoms with Crippen molar-refractivity contribution in [3.8, 4) is 0 Å². The van der Waals surface area contributed by atoms with Gasteiger partial charge in [0.05, 0.1) is 0 Å². The van der Waals surface area contributed by atoms with Crippen molar-refractivity contribution in [3.05, 3.63) is 65.9 Å². The van der Waals surface area contributed by atoms with Crippen LogP contribution in [0, 0.1) is 0 Å². The Bertz CT molecular complexity index is 960. The number of carboxylic acid groups (broad SMARTS) is 1. The number of hydrogen-bond acceptors (Lipinski definition) is 2. The second-order valence-electron chi connectivity index (χ2n) is 6.31. The topological polar surface area (TPSA) is 73.4 Å². The number of para-hydroxylation sites is 2. The van der Waals surface area contributed by atoms with E-state index in [0.29, 0.717) is 12.8 Å². The first-order valence-electron chi connectivity index (χ1n) is 8.32. The number of carboxylic acids is 1. The molecule has 1 aromatic heterocycles. The van der Waals surface area contributed by atoms with E-state index in [1.54, 1.807) is 11.0 Å². The van der Waals surface area contributed by atoms with Crippen LogP contribution in [0.3, 0.4) is 0 Å². The van der Waals surface area contributed by atoms with E-state index in [9.17, 15) is 14.7 Å². The summed E-state index contributed by atoms with van der Waals surface area (Å²) in [5.74, 6) is -1.57. The number of amides is 1.